The number of amides is 1. The van der Waals surface area contributed by atoms with Crippen LogP contribution in [0.5, 0.6) is 0 Å². The number of thiophene rings is 1. The smallest absolute Gasteiger partial charge is 0.275 e. The van der Waals surface area contributed by atoms with Crippen LogP contribution in [0.4, 0.5) is 5.69 Å². The van der Waals surface area contributed by atoms with E-state index in [1.54, 1.807) is 11.3 Å². The van der Waals surface area contributed by atoms with Gasteiger partial charge < -0.3 is 5.73 Å². The molecule has 0 aliphatic heterocycles. The number of hydrogen-bond donors (Lipinski definition) is 1. The lowest BCUT2D eigenvalue weighted by Gasteiger charge is -2.08. The molecule has 0 unspecified atom stereocenters. The highest BCUT2D eigenvalue weighted by Gasteiger charge is 2.22. The van der Waals surface area contributed by atoms with Gasteiger partial charge in [-0.05, 0) is 37.0 Å². The maximum absolute atomic E-state index is 12.9. The van der Waals surface area contributed by atoms with Gasteiger partial charge in [0.15, 0.2) is 0 Å². The van der Waals surface area contributed by atoms with Crippen molar-refractivity contribution in [3.8, 4) is 0 Å². The van der Waals surface area contributed by atoms with Crippen LogP contribution in [0.1, 0.15) is 32.8 Å². The van der Waals surface area contributed by atoms with Crippen molar-refractivity contribution in [2.75, 3.05) is 0 Å². The maximum Gasteiger partial charge on any atom is 0.275 e. The number of rotatable bonds is 4. The molecule has 9 heteroatoms. The van der Waals surface area contributed by atoms with E-state index in [0.717, 1.165) is 35.7 Å². The summed E-state index contributed by atoms with van der Waals surface area (Å²) in [5.74, 6) is -0.742. The minimum absolute atomic E-state index is 0.00173. The number of nitrogens with two attached hydrogens (primary N) is 1. The topological polar surface area (TPSA) is 121 Å². The number of hydrogen-bond acceptors (Lipinski definition) is 6. The monoisotopic (exact) mass is 370 g/mol. The zero-order chi connectivity index (χ0) is 18.4. The number of nitrogens with zero attached hydrogens (tertiary/aromatic N) is 3. The van der Waals surface area contributed by atoms with Gasteiger partial charge in [0.2, 0.25) is 5.91 Å². The van der Waals surface area contributed by atoms with Crippen molar-refractivity contribution in [1.29, 1.82) is 0 Å². The standard InChI is InChI=1S/C17H14N4O4S/c18-15(22)9-4-5-10(12(6-9)21(24)25)7-20-8-19-16-14(17(20)23)11-2-1-3-13(11)26-16/h4-6,8H,1-3,7H2,(H2,18,22). The first-order valence-corrected chi connectivity index (χ1v) is 8.84. The van der Waals surface area contributed by atoms with Crippen molar-refractivity contribution in [1.82, 2.24) is 9.55 Å². The molecule has 0 bridgehead atoms. The minimum atomic E-state index is -0.742. The van der Waals surface area contributed by atoms with E-state index in [1.165, 1.54) is 27.9 Å². The van der Waals surface area contributed by atoms with Crippen molar-refractivity contribution in [3.05, 3.63) is 66.6 Å². The van der Waals surface area contributed by atoms with E-state index in [2.05, 4.69) is 4.98 Å². The Bertz CT molecular complexity index is 1130. The van der Waals surface area contributed by atoms with Crippen molar-refractivity contribution < 1.29 is 9.72 Å². The fraction of sp³-hybridized carbons (Fsp3) is 0.235. The molecule has 132 valence electrons. The third-order valence-corrected chi connectivity index (χ3v) is 5.80. The predicted molar refractivity (Wildman–Crippen MR) is 96.6 cm³/mol. The molecular formula is C17H14N4O4S. The van der Waals surface area contributed by atoms with Gasteiger partial charge in [-0.1, -0.05) is 0 Å². The Kier molecular flexibility index (Phi) is 3.80. The molecule has 0 radical (unpaired) electrons. The van der Waals surface area contributed by atoms with Crippen molar-refractivity contribution in [3.63, 3.8) is 0 Å². The van der Waals surface area contributed by atoms with Crippen molar-refractivity contribution in [2.24, 2.45) is 5.73 Å². The van der Waals surface area contributed by atoms with Gasteiger partial charge in [0.05, 0.1) is 23.2 Å². The van der Waals surface area contributed by atoms with Crippen molar-refractivity contribution >= 4 is 33.1 Å². The van der Waals surface area contributed by atoms with Gasteiger partial charge in [0, 0.05) is 22.1 Å². The first-order chi connectivity index (χ1) is 12.5. The fourth-order valence-corrected chi connectivity index (χ4v) is 4.56. The summed E-state index contributed by atoms with van der Waals surface area (Å²) in [5.41, 5.74) is 6.18. The highest BCUT2D eigenvalue weighted by Crippen LogP contribution is 2.34. The number of nitro benzene ring substituents is 1. The average Bonchev–Trinajstić information content (AvgIpc) is 3.18. The number of fused-ring (bicyclic) bond motifs is 3. The number of primary amides is 1. The van der Waals surface area contributed by atoms with Crippen LogP contribution in [0, 0.1) is 10.1 Å². The molecule has 4 rings (SSSR count). The Hall–Kier alpha value is -3.07. The van der Waals surface area contributed by atoms with Crippen LogP contribution in [-0.4, -0.2) is 20.4 Å². The van der Waals surface area contributed by atoms with E-state index in [0.29, 0.717) is 10.9 Å². The van der Waals surface area contributed by atoms with Crippen LogP contribution in [-0.2, 0) is 19.4 Å². The van der Waals surface area contributed by atoms with E-state index in [-0.39, 0.29) is 23.4 Å². The number of carbonyl (C=O) groups excluding carboxylic acids is 1. The molecular weight excluding hydrogens is 356 g/mol. The highest BCUT2D eigenvalue weighted by molar-refractivity contribution is 7.18. The number of carbonyl (C=O) groups is 1. The third-order valence-electron chi connectivity index (χ3n) is 4.60. The second kappa shape index (κ2) is 6.03. The van der Waals surface area contributed by atoms with E-state index < -0.39 is 10.8 Å². The lowest BCUT2D eigenvalue weighted by atomic mass is 10.1. The summed E-state index contributed by atoms with van der Waals surface area (Å²) in [4.78, 5) is 41.2. The molecule has 2 N–H and O–H groups in total. The largest absolute Gasteiger partial charge is 0.366 e. The first-order valence-electron chi connectivity index (χ1n) is 8.02. The highest BCUT2D eigenvalue weighted by atomic mass is 32.1. The van der Waals surface area contributed by atoms with Crippen molar-refractivity contribution in [2.45, 2.75) is 25.8 Å². The minimum Gasteiger partial charge on any atom is -0.366 e. The van der Waals surface area contributed by atoms with Gasteiger partial charge in [-0.15, -0.1) is 11.3 Å². The summed E-state index contributed by atoms with van der Waals surface area (Å²) in [7, 11) is 0. The molecule has 1 amide bonds. The van der Waals surface area contributed by atoms with Crippen LogP contribution in [0.25, 0.3) is 10.2 Å². The Morgan fingerprint density at radius 3 is 2.92 bits per heavy atom. The zero-order valence-electron chi connectivity index (χ0n) is 13.6. The number of benzene rings is 1. The number of aryl methyl sites for hydroxylation is 2. The van der Waals surface area contributed by atoms with Crippen LogP contribution in [0.2, 0.25) is 0 Å². The molecule has 1 aliphatic carbocycles. The zero-order valence-corrected chi connectivity index (χ0v) is 14.4. The second-order valence-corrected chi connectivity index (χ2v) is 7.26. The third kappa shape index (κ3) is 2.57. The quantitative estimate of drug-likeness (QED) is 0.556. The second-order valence-electron chi connectivity index (χ2n) is 6.18. The number of nitro groups is 1. The molecule has 1 aliphatic rings. The summed E-state index contributed by atoms with van der Waals surface area (Å²) in [6.07, 6.45) is 4.28. The first kappa shape index (κ1) is 16.4. The van der Waals surface area contributed by atoms with E-state index >= 15 is 0 Å². The summed E-state index contributed by atoms with van der Waals surface area (Å²) in [6.45, 7) is 0.00173. The van der Waals surface area contributed by atoms with Crippen LogP contribution in [0.3, 0.4) is 0 Å². The van der Waals surface area contributed by atoms with Gasteiger partial charge in [0.1, 0.15) is 4.83 Å². The molecule has 2 aromatic heterocycles. The molecule has 0 spiro atoms. The summed E-state index contributed by atoms with van der Waals surface area (Å²) in [6, 6.07) is 4.01. The van der Waals surface area contributed by atoms with Crippen LogP contribution < -0.4 is 11.3 Å². The molecule has 8 nitrogen and oxygen atoms in total. The molecule has 2 heterocycles. The lowest BCUT2D eigenvalue weighted by molar-refractivity contribution is -0.385. The van der Waals surface area contributed by atoms with Gasteiger partial charge in [0.25, 0.3) is 11.2 Å². The van der Waals surface area contributed by atoms with Gasteiger partial charge in [-0.2, -0.15) is 0 Å². The molecule has 26 heavy (non-hydrogen) atoms. The molecule has 1 aromatic carbocycles. The van der Waals surface area contributed by atoms with Crippen LogP contribution >= 0.6 is 11.3 Å². The molecule has 3 aromatic rings. The lowest BCUT2D eigenvalue weighted by Crippen LogP contribution is -2.22. The predicted octanol–water partition coefficient (Wildman–Crippen LogP) is 2.00. The van der Waals surface area contributed by atoms with Gasteiger partial charge in [-0.3, -0.25) is 24.3 Å². The Morgan fingerprint density at radius 2 is 2.19 bits per heavy atom. The van der Waals surface area contributed by atoms with Gasteiger partial charge in [-0.25, -0.2) is 4.98 Å². The fourth-order valence-electron chi connectivity index (χ4n) is 3.34. The molecule has 0 saturated heterocycles. The average molecular weight is 370 g/mol. The number of aromatic nitrogens is 2. The molecule has 0 saturated carbocycles. The Balaban J connectivity index is 1.81. The summed E-state index contributed by atoms with van der Waals surface area (Å²) < 4.78 is 1.37. The van der Waals surface area contributed by atoms with E-state index in [1.807, 2.05) is 0 Å². The maximum atomic E-state index is 12.9. The summed E-state index contributed by atoms with van der Waals surface area (Å²) >= 11 is 1.54. The SMILES string of the molecule is NC(=O)c1ccc(Cn2cnc3sc4c(c3c2=O)CCC4)c([N+](=O)[O-])c1. The molecule has 0 fully saturated rings. The summed E-state index contributed by atoms with van der Waals surface area (Å²) in [5, 5.41) is 12.0. The van der Waals surface area contributed by atoms with Crippen LogP contribution in [0.15, 0.2) is 29.3 Å². The Labute approximate surface area is 151 Å². The Morgan fingerprint density at radius 1 is 1.38 bits per heavy atom. The van der Waals surface area contributed by atoms with E-state index in [4.69, 9.17) is 5.73 Å². The normalized spacial score (nSPS) is 13.1. The molecule has 0 atom stereocenters. The van der Waals surface area contributed by atoms with Gasteiger partial charge >= 0.3 is 0 Å². The van der Waals surface area contributed by atoms with E-state index in [9.17, 15) is 19.7 Å².